The maximum absolute atomic E-state index is 12.7. The van der Waals surface area contributed by atoms with E-state index in [1.807, 2.05) is 6.08 Å². The zero-order chi connectivity index (χ0) is 16.6. The topological polar surface area (TPSA) is 54.4 Å². The fourth-order valence-corrected chi connectivity index (χ4v) is 7.21. The number of ketones is 2. The van der Waals surface area contributed by atoms with Gasteiger partial charge in [0.25, 0.3) is 0 Å². The smallest absolute Gasteiger partial charge is 0.155 e. The second-order valence-corrected chi connectivity index (χ2v) is 9.74. The van der Waals surface area contributed by atoms with Crippen LogP contribution < -0.4 is 0 Å². The van der Waals surface area contributed by atoms with E-state index in [1.54, 1.807) is 0 Å². The molecule has 3 saturated carbocycles. The standard InChI is InChI=1S/C19H25BrO3/c1-18-5-3-11(21)7-10(18)8-15(22)16-12(18)4-6-19(2)13(16)9-14(20)17(19)23/h7,12-16,22H,3-6,8-9H2,1-2H3/t12-,13-,14+,15-,16+,18-,19-/m0/s1. The molecule has 0 aromatic heterocycles. The zero-order valence-electron chi connectivity index (χ0n) is 13.8. The molecule has 0 aromatic rings. The summed E-state index contributed by atoms with van der Waals surface area (Å²) in [6.45, 7) is 4.40. The van der Waals surface area contributed by atoms with Gasteiger partial charge >= 0.3 is 0 Å². The molecule has 4 aliphatic rings. The van der Waals surface area contributed by atoms with Gasteiger partial charge in [0.2, 0.25) is 0 Å². The first-order chi connectivity index (χ1) is 10.8. The Kier molecular flexibility index (Phi) is 3.49. The molecule has 7 atom stereocenters. The molecule has 4 rings (SSSR count). The summed E-state index contributed by atoms with van der Waals surface area (Å²) in [5, 5.41) is 10.9. The van der Waals surface area contributed by atoms with Gasteiger partial charge in [-0.1, -0.05) is 35.4 Å². The van der Waals surface area contributed by atoms with Gasteiger partial charge in [-0.05, 0) is 61.3 Å². The van der Waals surface area contributed by atoms with Gasteiger partial charge in [-0.15, -0.1) is 0 Å². The lowest BCUT2D eigenvalue weighted by Gasteiger charge is -2.58. The number of aliphatic hydroxyl groups is 1. The molecule has 0 bridgehead atoms. The van der Waals surface area contributed by atoms with Crippen LogP contribution in [0, 0.1) is 28.6 Å². The minimum atomic E-state index is -0.416. The highest BCUT2D eigenvalue weighted by atomic mass is 79.9. The first-order valence-electron chi connectivity index (χ1n) is 8.88. The van der Waals surface area contributed by atoms with Crippen molar-refractivity contribution in [2.75, 3.05) is 0 Å². The van der Waals surface area contributed by atoms with E-state index < -0.39 is 6.10 Å². The van der Waals surface area contributed by atoms with Crippen molar-refractivity contribution in [3.05, 3.63) is 11.6 Å². The predicted octanol–water partition coefficient (Wildman–Crippen LogP) is 3.43. The van der Waals surface area contributed by atoms with E-state index >= 15 is 0 Å². The van der Waals surface area contributed by atoms with Gasteiger partial charge in [-0.3, -0.25) is 9.59 Å². The van der Waals surface area contributed by atoms with Crippen molar-refractivity contribution in [1.29, 1.82) is 0 Å². The maximum atomic E-state index is 12.7. The molecule has 0 spiro atoms. The van der Waals surface area contributed by atoms with Crippen molar-refractivity contribution in [3.8, 4) is 0 Å². The highest BCUT2D eigenvalue weighted by Gasteiger charge is 2.63. The molecule has 0 aliphatic heterocycles. The van der Waals surface area contributed by atoms with Gasteiger partial charge in [0.1, 0.15) is 0 Å². The average Bonchev–Trinajstić information content (AvgIpc) is 2.73. The summed E-state index contributed by atoms with van der Waals surface area (Å²) in [5.41, 5.74) is 0.913. The summed E-state index contributed by atoms with van der Waals surface area (Å²) < 4.78 is 0. The summed E-state index contributed by atoms with van der Waals surface area (Å²) in [6, 6.07) is 0. The third kappa shape index (κ3) is 2.03. The van der Waals surface area contributed by atoms with Crippen LogP contribution in [0.1, 0.15) is 52.4 Å². The Labute approximate surface area is 146 Å². The molecule has 3 nitrogen and oxygen atoms in total. The Balaban J connectivity index is 1.75. The summed E-state index contributed by atoms with van der Waals surface area (Å²) in [5.74, 6) is 1.40. The number of Topliss-reactive ketones (excluding diaryl/α,β-unsaturated/α-hetero) is 1. The van der Waals surface area contributed by atoms with Gasteiger partial charge in [0.05, 0.1) is 10.9 Å². The Hall–Kier alpha value is -0.480. The number of halogens is 1. The van der Waals surface area contributed by atoms with Gasteiger partial charge < -0.3 is 5.11 Å². The largest absolute Gasteiger partial charge is 0.392 e. The van der Waals surface area contributed by atoms with Crippen LogP contribution in [0.5, 0.6) is 0 Å². The molecule has 1 N–H and O–H groups in total. The monoisotopic (exact) mass is 380 g/mol. The van der Waals surface area contributed by atoms with E-state index in [0.29, 0.717) is 24.5 Å². The van der Waals surface area contributed by atoms with Gasteiger partial charge in [0.15, 0.2) is 11.6 Å². The SMILES string of the molecule is C[C@]12CCC(=O)C=C1C[C@H](O)[C@@H]1[C@@H]2CC[C@]2(C)C(=O)[C@H](Br)C[C@@H]12. The number of rotatable bonds is 0. The van der Waals surface area contributed by atoms with E-state index in [2.05, 4.69) is 29.8 Å². The molecular formula is C19H25BrO3. The predicted molar refractivity (Wildman–Crippen MR) is 91.2 cm³/mol. The quantitative estimate of drug-likeness (QED) is 0.654. The average molecular weight is 381 g/mol. The first-order valence-corrected chi connectivity index (χ1v) is 9.79. The molecular weight excluding hydrogens is 356 g/mol. The number of carbonyl (C=O) groups excluding carboxylic acids is 2. The van der Waals surface area contributed by atoms with Crippen LogP contribution in [0.15, 0.2) is 11.6 Å². The van der Waals surface area contributed by atoms with E-state index in [9.17, 15) is 14.7 Å². The molecule has 0 amide bonds. The van der Waals surface area contributed by atoms with Crippen molar-refractivity contribution in [2.24, 2.45) is 28.6 Å². The summed E-state index contributed by atoms with van der Waals surface area (Å²) in [6.07, 6.45) is 6.29. The Morgan fingerprint density at radius 1 is 1.17 bits per heavy atom. The number of hydrogen-bond acceptors (Lipinski definition) is 3. The fourth-order valence-electron chi connectivity index (χ4n) is 6.28. The van der Waals surface area contributed by atoms with Crippen LogP contribution in [0.4, 0.5) is 0 Å². The lowest BCUT2D eigenvalue weighted by Crippen LogP contribution is -2.55. The van der Waals surface area contributed by atoms with Crippen molar-refractivity contribution in [2.45, 2.75) is 63.3 Å². The number of aliphatic hydroxyl groups excluding tert-OH is 1. The highest BCUT2D eigenvalue weighted by molar-refractivity contribution is 9.10. The molecule has 4 aliphatic carbocycles. The molecule has 3 fully saturated rings. The number of alkyl halides is 1. The van der Waals surface area contributed by atoms with E-state index in [1.165, 1.54) is 0 Å². The van der Waals surface area contributed by atoms with E-state index in [-0.39, 0.29) is 33.3 Å². The van der Waals surface area contributed by atoms with Gasteiger partial charge in [-0.25, -0.2) is 0 Å². The third-order valence-electron chi connectivity index (χ3n) is 7.68. The van der Waals surface area contributed by atoms with Crippen LogP contribution in [-0.4, -0.2) is 27.6 Å². The Morgan fingerprint density at radius 2 is 1.91 bits per heavy atom. The minimum Gasteiger partial charge on any atom is -0.392 e. The summed E-state index contributed by atoms with van der Waals surface area (Å²) >= 11 is 3.57. The minimum absolute atomic E-state index is 0.0343. The lowest BCUT2D eigenvalue weighted by molar-refractivity contribution is -0.139. The molecule has 0 heterocycles. The molecule has 4 heteroatoms. The third-order valence-corrected chi connectivity index (χ3v) is 8.47. The van der Waals surface area contributed by atoms with Crippen molar-refractivity contribution in [1.82, 2.24) is 0 Å². The van der Waals surface area contributed by atoms with Gasteiger partial charge in [0, 0.05) is 11.8 Å². The van der Waals surface area contributed by atoms with Gasteiger partial charge in [-0.2, -0.15) is 0 Å². The van der Waals surface area contributed by atoms with Crippen molar-refractivity contribution in [3.63, 3.8) is 0 Å². The summed E-state index contributed by atoms with van der Waals surface area (Å²) in [7, 11) is 0. The number of hydrogen-bond donors (Lipinski definition) is 1. The number of fused-ring (bicyclic) bond motifs is 5. The van der Waals surface area contributed by atoms with Crippen LogP contribution in [0.25, 0.3) is 0 Å². The van der Waals surface area contributed by atoms with E-state index in [0.717, 1.165) is 31.3 Å². The Bertz CT molecular complexity index is 612. The van der Waals surface area contributed by atoms with Crippen LogP contribution in [0.2, 0.25) is 0 Å². The number of carbonyl (C=O) groups is 2. The molecule has 0 aromatic carbocycles. The van der Waals surface area contributed by atoms with Crippen LogP contribution >= 0.6 is 15.9 Å². The Morgan fingerprint density at radius 3 is 2.65 bits per heavy atom. The summed E-state index contributed by atoms with van der Waals surface area (Å²) in [4.78, 5) is 24.4. The zero-order valence-corrected chi connectivity index (χ0v) is 15.4. The normalized spacial score (nSPS) is 52.5. The highest BCUT2D eigenvalue weighted by Crippen LogP contribution is 2.64. The second-order valence-electron chi connectivity index (χ2n) is 8.64. The molecule has 0 saturated heterocycles. The fraction of sp³-hybridized carbons (Fsp3) is 0.789. The van der Waals surface area contributed by atoms with Crippen molar-refractivity contribution < 1.29 is 14.7 Å². The lowest BCUT2D eigenvalue weighted by atomic mass is 9.47. The molecule has 23 heavy (non-hydrogen) atoms. The molecule has 126 valence electrons. The maximum Gasteiger partial charge on any atom is 0.155 e. The van der Waals surface area contributed by atoms with Crippen LogP contribution in [0.3, 0.4) is 0 Å². The molecule has 0 unspecified atom stereocenters. The van der Waals surface area contributed by atoms with Crippen LogP contribution in [-0.2, 0) is 9.59 Å². The van der Waals surface area contributed by atoms with Crippen molar-refractivity contribution >= 4 is 27.5 Å². The van der Waals surface area contributed by atoms with E-state index in [4.69, 9.17) is 0 Å². The molecule has 0 radical (unpaired) electrons. The second kappa shape index (κ2) is 5.01. The first kappa shape index (κ1) is 16.0.